The highest BCUT2D eigenvalue weighted by atomic mass is 35.5. The molecule has 0 unspecified atom stereocenters. The number of nitrogens with zero attached hydrogens (tertiary/aromatic N) is 2. The third-order valence-electron chi connectivity index (χ3n) is 3.42. The van der Waals surface area contributed by atoms with Crippen LogP contribution in [0.1, 0.15) is 23.6 Å². The Bertz CT molecular complexity index is 756. The lowest BCUT2D eigenvalue weighted by Gasteiger charge is -2.25. The maximum Gasteiger partial charge on any atom is 0.224 e. The van der Waals surface area contributed by atoms with Crippen LogP contribution in [0, 0.1) is 0 Å². The second kappa shape index (κ2) is 5.51. The van der Waals surface area contributed by atoms with E-state index in [0.29, 0.717) is 16.7 Å². The SMILES string of the molecule is CC(=O)N1Cc2cnc(Cl)cc2/C=C\c2cc(Cl)ccc21. The number of hydrogen-bond donors (Lipinski definition) is 0. The van der Waals surface area contributed by atoms with Gasteiger partial charge in [0.05, 0.1) is 12.2 Å². The van der Waals surface area contributed by atoms with Crippen LogP contribution in [0.4, 0.5) is 5.69 Å². The van der Waals surface area contributed by atoms with Gasteiger partial charge in [0.25, 0.3) is 0 Å². The lowest BCUT2D eigenvalue weighted by Crippen LogP contribution is -2.29. The molecule has 0 saturated heterocycles. The van der Waals surface area contributed by atoms with Crippen molar-refractivity contribution >= 4 is 46.9 Å². The highest BCUT2D eigenvalue weighted by Crippen LogP contribution is 2.31. The summed E-state index contributed by atoms with van der Waals surface area (Å²) in [5.74, 6) is -0.0326. The summed E-state index contributed by atoms with van der Waals surface area (Å²) < 4.78 is 0. The molecule has 0 spiro atoms. The number of fused-ring (bicyclic) bond motifs is 2. The van der Waals surface area contributed by atoms with Crippen molar-refractivity contribution in [2.24, 2.45) is 0 Å². The normalized spacial score (nSPS) is 14.7. The van der Waals surface area contributed by atoms with E-state index in [1.807, 2.05) is 24.3 Å². The van der Waals surface area contributed by atoms with Gasteiger partial charge in [-0.15, -0.1) is 0 Å². The molecule has 3 nitrogen and oxygen atoms in total. The molecule has 0 bridgehead atoms. The lowest BCUT2D eigenvalue weighted by atomic mass is 10.0. The molecule has 2 heterocycles. The van der Waals surface area contributed by atoms with Gasteiger partial charge in [-0.2, -0.15) is 0 Å². The van der Waals surface area contributed by atoms with Crippen LogP contribution in [-0.2, 0) is 11.3 Å². The summed E-state index contributed by atoms with van der Waals surface area (Å²) in [5, 5.41) is 1.06. The second-order valence-electron chi connectivity index (χ2n) is 4.85. The van der Waals surface area contributed by atoms with Crippen LogP contribution < -0.4 is 4.90 Å². The van der Waals surface area contributed by atoms with Gasteiger partial charge in [0.15, 0.2) is 0 Å². The Kier molecular flexibility index (Phi) is 3.70. The van der Waals surface area contributed by atoms with Crippen LogP contribution >= 0.6 is 23.2 Å². The molecule has 1 aliphatic rings. The van der Waals surface area contributed by atoms with E-state index < -0.39 is 0 Å². The number of amides is 1. The monoisotopic (exact) mass is 318 g/mol. The number of aromatic nitrogens is 1. The zero-order chi connectivity index (χ0) is 15.0. The Morgan fingerprint density at radius 2 is 1.95 bits per heavy atom. The summed E-state index contributed by atoms with van der Waals surface area (Å²) in [4.78, 5) is 17.8. The number of benzene rings is 1. The van der Waals surface area contributed by atoms with Crippen molar-refractivity contribution in [2.75, 3.05) is 4.90 Å². The van der Waals surface area contributed by atoms with Crippen molar-refractivity contribution in [1.82, 2.24) is 4.98 Å². The van der Waals surface area contributed by atoms with E-state index in [2.05, 4.69) is 4.98 Å². The van der Waals surface area contributed by atoms with Crippen LogP contribution in [0.3, 0.4) is 0 Å². The predicted molar refractivity (Wildman–Crippen MR) is 86.5 cm³/mol. The van der Waals surface area contributed by atoms with Crippen molar-refractivity contribution in [3.63, 3.8) is 0 Å². The molecule has 5 heteroatoms. The number of carbonyl (C=O) groups excluding carboxylic acids is 1. The average molecular weight is 319 g/mol. The first-order valence-corrected chi connectivity index (χ1v) is 7.20. The third kappa shape index (κ3) is 2.80. The van der Waals surface area contributed by atoms with Gasteiger partial charge in [-0.05, 0) is 41.0 Å². The van der Waals surface area contributed by atoms with Gasteiger partial charge < -0.3 is 4.90 Å². The van der Waals surface area contributed by atoms with Crippen LogP contribution in [0.25, 0.3) is 12.2 Å². The molecular formula is C16H12Cl2N2O. The molecule has 0 atom stereocenters. The molecule has 0 N–H and O–H groups in total. The van der Waals surface area contributed by atoms with Crippen molar-refractivity contribution in [3.8, 4) is 0 Å². The van der Waals surface area contributed by atoms with Crippen molar-refractivity contribution in [3.05, 3.63) is 57.3 Å². The zero-order valence-electron chi connectivity index (χ0n) is 11.3. The Hall–Kier alpha value is -1.84. The minimum absolute atomic E-state index is 0.0326. The van der Waals surface area contributed by atoms with Crippen LogP contribution in [0.2, 0.25) is 10.2 Å². The Morgan fingerprint density at radius 1 is 1.19 bits per heavy atom. The number of anilines is 1. The molecule has 0 fully saturated rings. The smallest absolute Gasteiger partial charge is 0.224 e. The first-order chi connectivity index (χ1) is 10.0. The quantitative estimate of drug-likeness (QED) is 0.673. The van der Waals surface area contributed by atoms with Crippen molar-refractivity contribution in [1.29, 1.82) is 0 Å². The maximum atomic E-state index is 12.0. The van der Waals surface area contributed by atoms with E-state index in [4.69, 9.17) is 23.2 Å². The Morgan fingerprint density at radius 3 is 2.71 bits per heavy atom. The first-order valence-electron chi connectivity index (χ1n) is 6.45. The average Bonchev–Trinajstić information content (AvgIpc) is 2.42. The van der Waals surface area contributed by atoms with E-state index in [1.165, 1.54) is 0 Å². The van der Waals surface area contributed by atoms with Crippen LogP contribution in [0.5, 0.6) is 0 Å². The van der Waals surface area contributed by atoms with E-state index in [1.54, 1.807) is 30.2 Å². The molecular weight excluding hydrogens is 307 g/mol. The van der Waals surface area contributed by atoms with E-state index >= 15 is 0 Å². The summed E-state index contributed by atoms with van der Waals surface area (Å²) in [6, 6.07) is 7.28. The molecule has 3 rings (SSSR count). The molecule has 106 valence electrons. The first kappa shape index (κ1) is 14.1. The number of rotatable bonds is 0. The highest BCUT2D eigenvalue weighted by molar-refractivity contribution is 6.31. The Balaban J connectivity index is 2.21. The third-order valence-corrected chi connectivity index (χ3v) is 3.86. The van der Waals surface area contributed by atoms with Gasteiger partial charge in [-0.1, -0.05) is 35.4 Å². The molecule has 0 saturated carbocycles. The van der Waals surface area contributed by atoms with Gasteiger partial charge in [-0.3, -0.25) is 4.79 Å². The fraction of sp³-hybridized carbons (Fsp3) is 0.125. The van der Waals surface area contributed by atoms with Gasteiger partial charge in [0.1, 0.15) is 5.15 Å². The van der Waals surface area contributed by atoms with Gasteiger partial charge >= 0.3 is 0 Å². The predicted octanol–water partition coefficient (Wildman–Crippen LogP) is 4.43. The van der Waals surface area contributed by atoms with Crippen molar-refractivity contribution in [2.45, 2.75) is 13.5 Å². The van der Waals surface area contributed by atoms with E-state index in [9.17, 15) is 4.79 Å². The Labute approximate surface area is 132 Å². The van der Waals surface area contributed by atoms with Gasteiger partial charge in [0, 0.05) is 18.1 Å². The molecule has 1 aromatic heterocycles. The summed E-state index contributed by atoms with van der Waals surface area (Å²) in [6.07, 6.45) is 5.61. The van der Waals surface area contributed by atoms with Crippen LogP contribution in [0.15, 0.2) is 30.5 Å². The largest absolute Gasteiger partial charge is 0.308 e. The van der Waals surface area contributed by atoms with E-state index in [0.717, 1.165) is 22.4 Å². The maximum absolute atomic E-state index is 12.0. The molecule has 0 aliphatic carbocycles. The highest BCUT2D eigenvalue weighted by Gasteiger charge is 2.18. The molecule has 0 radical (unpaired) electrons. The summed E-state index contributed by atoms with van der Waals surface area (Å²) in [6.45, 7) is 2.00. The number of hydrogen-bond acceptors (Lipinski definition) is 2. The summed E-state index contributed by atoms with van der Waals surface area (Å²) >= 11 is 12.0. The summed E-state index contributed by atoms with van der Waals surface area (Å²) in [5.41, 5.74) is 3.64. The summed E-state index contributed by atoms with van der Waals surface area (Å²) in [7, 11) is 0. The van der Waals surface area contributed by atoms with Crippen molar-refractivity contribution < 1.29 is 4.79 Å². The number of halogens is 2. The minimum atomic E-state index is -0.0326. The van der Waals surface area contributed by atoms with Gasteiger partial charge in [0.2, 0.25) is 5.91 Å². The van der Waals surface area contributed by atoms with Crippen LogP contribution in [-0.4, -0.2) is 10.9 Å². The molecule has 1 aromatic carbocycles. The van der Waals surface area contributed by atoms with Gasteiger partial charge in [-0.25, -0.2) is 4.98 Å². The fourth-order valence-electron chi connectivity index (χ4n) is 2.38. The van der Waals surface area contributed by atoms with E-state index in [-0.39, 0.29) is 5.91 Å². The molecule has 1 amide bonds. The topological polar surface area (TPSA) is 33.2 Å². The molecule has 21 heavy (non-hydrogen) atoms. The lowest BCUT2D eigenvalue weighted by molar-refractivity contribution is -0.116. The number of carbonyl (C=O) groups is 1. The zero-order valence-corrected chi connectivity index (χ0v) is 12.8. The standard InChI is InChI=1S/C16H12Cl2N2O/c1-10(21)20-9-13-8-19-16(18)7-11(13)2-3-12-6-14(17)4-5-15(12)20/h2-8H,9H2,1H3/b3-2-. The molecule has 1 aliphatic heterocycles. The fourth-order valence-corrected chi connectivity index (χ4v) is 2.73. The second-order valence-corrected chi connectivity index (χ2v) is 5.67. The molecule has 2 aromatic rings. The minimum Gasteiger partial charge on any atom is -0.308 e. The number of pyridine rings is 1.